The Kier molecular flexibility index (Phi) is 6.93. The molecule has 1 N–H and O–H groups in total. The van der Waals surface area contributed by atoms with Crippen LogP contribution in [0.5, 0.6) is 11.5 Å². The summed E-state index contributed by atoms with van der Waals surface area (Å²) in [6.45, 7) is 4.77. The minimum atomic E-state index is -0.891. The molecule has 0 aliphatic carbocycles. The highest BCUT2D eigenvalue weighted by Gasteiger charge is 2.48. The standard InChI is InChI=1S/C25H25N3O5S/c1-15(2)8-12-33-18-5-4-17(14-19(18)32-3)21-20(22(29)16-6-9-26-10-7-16)23(30)24(31)28(21)25-27-11-13-34-25/h4-7,9-11,13-15,21,29H,8,12H2,1-3H3. The van der Waals surface area contributed by atoms with E-state index in [9.17, 15) is 14.7 Å². The zero-order valence-electron chi connectivity index (χ0n) is 19.1. The number of carbonyl (C=O) groups is 2. The van der Waals surface area contributed by atoms with Gasteiger partial charge in [0, 0.05) is 29.5 Å². The number of aliphatic hydroxyl groups is 1. The van der Waals surface area contributed by atoms with Gasteiger partial charge >= 0.3 is 5.91 Å². The number of aliphatic hydroxyl groups excluding tert-OH is 1. The summed E-state index contributed by atoms with van der Waals surface area (Å²) in [5.74, 6) is -0.294. The number of aromatic nitrogens is 2. The molecule has 3 aromatic rings. The van der Waals surface area contributed by atoms with Gasteiger partial charge in [-0.1, -0.05) is 19.9 Å². The molecule has 2 aromatic heterocycles. The summed E-state index contributed by atoms with van der Waals surface area (Å²) < 4.78 is 11.4. The summed E-state index contributed by atoms with van der Waals surface area (Å²) in [6.07, 6.45) is 5.47. The highest BCUT2D eigenvalue weighted by Crippen LogP contribution is 2.44. The van der Waals surface area contributed by atoms with Crippen LogP contribution in [0.1, 0.15) is 37.4 Å². The topological polar surface area (TPSA) is 102 Å². The van der Waals surface area contributed by atoms with Crippen LogP contribution in [0, 0.1) is 5.92 Å². The Hall–Kier alpha value is -3.72. The van der Waals surface area contributed by atoms with Crippen molar-refractivity contribution >= 4 is 33.9 Å². The Morgan fingerprint density at radius 2 is 1.91 bits per heavy atom. The van der Waals surface area contributed by atoms with E-state index in [0.29, 0.717) is 40.3 Å². The maximum absolute atomic E-state index is 13.1. The summed E-state index contributed by atoms with van der Waals surface area (Å²) >= 11 is 1.23. The van der Waals surface area contributed by atoms with Crippen molar-refractivity contribution in [1.29, 1.82) is 0 Å². The maximum Gasteiger partial charge on any atom is 0.301 e. The molecule has 3 heterocycles. The molecule has 0 saturated carbocycles. The summed E-state index contributed by atoms with van der Waals surface area (Å²) in [4.78, 5) is 35.7. The van der Waals surface area contributed by atoms with Crippen LogP contribution >= 0.6 is 11.3 Å². The van der Waals surface area contributed by atoms with Gasteiger partial charge in [-0.05, 0) is 42.2 Å². The first-order chi connectivity index (χ1) is 16.4. The molecule has 0 bridgehead atoms. The number of Topliss-reactive ketones (excluding diaryl/α,β-unsaturated/α-hetero) is 1. The minimum Gasteiger partial charge on any atom is -0.507 e. The third kappa shape index (κ3) is 4.51. The third-order valence-electron chi connectivity index (χ3n) is 5.48. The Morgan fingerprint density at radius 3 is 2.56 bits per heavy atom. The molecule has 9 heteroatoms. The van der Waals surface area contributed by atoms with Crippen LogP contribution in [0.4, 0.5) is 5.13 Å². The van der Waals surface area contributed by atoms with Gasteiger partial charge in [-0.3, -0.25) is 19.5 Å². The Morgan fingerprint density at radius 1 is 1.15 bits per heavy atom. The number of hydrogen-bond acceptors (Lipinski definition) is 8. The largest absolute Gasteiger partial charge is 0.507 e. The number of pyridine rings is 1. The first-order valence-corrected chi connectivity index (χ1v) is 11.7. The first-order valence-electron chi connectivity index (χ1n) is 10.8. The van der Waals surface area contributed by atoms with Crippen molar-refractivity contribution in [3.8, 4) is 11.5 Å². The second kappa shape index (κ2) is 10.0. The lowest BCUT2D eigenvalue weighted by Crippen LogP contribution is -2.29. The van der Waals surface area contributed by atoms with Gasteiger partial charge in [-0.15, -0.1) is 11.3 Å². The number of rotatable bonds is 8. The molecule has 1 amide bonds. The van der Waals surface area contributed by atoms with E-state index in [4.69, 9.17) is 9.47 Å². The lowest BCUT2D eigenvalue weighted by Gasteiger charge is -2.24. The fourth-order valence-corrected chi connectivity index (χ4v) is 4.39. The highest BCUT2D eigenvalue weighted by molar-refractivity contribution is 7.14. The molecular weight excluding hydrogens is 454 g/mol. The number of anilines is 1. The van der Waals surface area contributed by atoms with Crippen LogP contribution in [-0.2, 0) is 9.59 Å². The van der Waals surface area contributed by atoms with E-state index in [1.54, 1.807) is 41.9 Å². The summed E-state index contributed by atoms with van der Waals surface area (Å²) in [7, 11) is 1.53. The maximum atomic E-state index is 13.1. The number of nitrogens with zero attached hydrogens (tertiary/aromatic N) is 3. The van der Waals surface area contributed by atoms with Crippen molar-refractivity contribution in [2.75, 3.05) is 18.6 Å². The molecule has 1 unspecified atom stereocenters. The summed E-state index contributed by atoms with van der Waals surface area (Å²) in [5, 5.41) is 13.2. The average Bonchev–Trinajstić information content (AvgIpc) is 3.46. The normalized spacial score (nSPS) is 17.4. The molecule has 1 aliphatic rings. The second-order valence-electron chi connectivity index (χ2n) is 8.16. The second-order valence-corrected chi connectivity index (χ2v) is 9.03. The molecule has 176 valence electrons. The fraction of sp³-hybridized carbons (Fsp3) is 0.280. The van der Waals surface area contributed by atoms with E-state index in [1.165, 1.54) is 35.7 Å². The molecule has 1 aromatic carbocycles. The van der Waals surface area contributed by atoms with Crippen molar-refractivity contribution in [2.24, 2.45) is 5.92 Å². The molecule has 8 nitrogen and oxygen atoms in total. The monoisotopic (exact) mass is 479 g/mol. The first kappa shape index (κ1) is 23.4. The Bertz CT molecular complexity index is 1210. The number of ketones is 1. The van der Waals surface area contributed by atoms with Gasteiger partial charge in [-0.25, -0.2) is 4.98 Å². The van der Waals surface area contributed by atoms with E-state index in [0.717, 1.165) is 6.42 Å². The predicted octanol–water partition coefficient (Wildman–Crippen LogP) is 4.60. The average molecular weight is 480 g/mol. The SMILES string of the molecule is COc1cc(C2C(=C(O)c3ccncc3)C(=O)C(=O)N2c2nccs2)ccc1OCCC(C)C. The van der Waals surface area contributed by atoms with E-state index in [1.807, 2.05) is 0 Å². The molecule has 0 radical (unpaired) electrons. The smallest absolute Gasteiger partial charge is 0.301 e. The van der Waals surface area contributed by atoms with E-state index >= 15 is 0 Å². The van der Waals surface area contributed by atoms with Crippen molar-refractivity contribution in [3.05, 3.63) is 71.0 Å². The predicted molar refractivity (Wildman–Crippen MR) is 129 cm³/mol. The molecule has 0 spiro atoms. The van der Waals surface area contributed by atoms with Gasteiger partial charge in [0.05, 0.1) is 25.3 Å². The van der Waals surface area contributed by atoms with Crippen LogP contribution < -0.4 is 14.4 Å². The van der Waals surface area contributed by atoms with E-state index in [2.05, 4.69) is 23.8 Å². The molecule has 1 saturated heterocycles. The van der Waals surface area contributed by atoms with Gasteiger partial charge < -0.3 is 14.6 Å². The number of amides is 1. The van der Waals surface area contributed by atoms with Gasteiger partial charge in [0.2, 0.25) is 0 Å². The zero-order valence-corrected chi connectivity index (χ0v) is 19.9. The Balaban J connectivity index is 1.82. The Labute approximate surface area is 201 Å². The van der Waals surface area contributed by atoms with Gasteiger partial charge in [0.25, 0.3) is 5.78 Å². The molecule has 34 heavy (non-hydrogen) atoms. The molecule has 1 aliphatic heterocycles. The number of benzene rings is 1. The molecule has 1 fully saturated rings. The van der Waals surface area contributed by atoms with Crippen molar-refractivity contribution < 1.29 is 24.2 Å². The molecule has 4 rings (SSSR count). The van der Waals surface area contributed by atoms with Gasteiger partial charge in [0.15, 0.2) is 16.6 Å². The van der Waals surface area contributed by atoms with Crippen molar-refractivity contribution in [1.82, 2.24) is 9.97 Å². The van der Waals surface area contributed by atoms with Crippen LogP contribution in [0.2, 0.25) is 0 Å². The number of ether oxygens (including phenoxy) is 2. The lowest BCUT2D eigenvalue weighted by atomic mass is 9.95. The van der Waals surface area contributed by atoms with Gasteiger partial charge in [-0.2, -0.15) is 0 Å². The van der Waals surface area contributed by atoms with Crippen LogP contribution in [-0.4, -0.2) is 40.5 Å². The summed E-state index contributed by atoms with van der Waals surface area (Å²) in [6, 6.07) is 7.51. The van der Waals surface area contributed by atoms with Crippen LogP contribution in [0.3, 0.4) is 0 Å². The van der Waals surface area contributed by atoms with Crippen molar-refractivity contribution in [3.63, 3.8) is 0 Å². The summed E-state index contributed by atoms with van der Waals surface area (Å²) in [5.41, 5.74) is 0.942. The van der Waals surface area contributed by atoms with E-state index in [-0.39, 0.29) is 11.3 Å². The van der Waals surface area contributed by atoms with E-state index < -0.39 is 17.7 Å². The number of carbonyl (C=O) groups excluding carboxylic acids is 2. The van der Waals surface area contributed by atoms with Crippen LogP contribution in [0.25, 0.3) is 5.76 Å². The highest BCUT2D eigenvalue weighted by atomic mass is 32.1. The van der Waals surface area contributed by atoms with Crippen LogP contribution in [0.15, 0.2) is 59.9 Å². The fourth-order valence-electron chi connectivity index (χ4n) is 3.72. The van der Waals surface area contributed by atoms with Crippen molar-refractivity contribution in [2.45, 2.75) is 26.3 Å². The molecular formula is C25H25N3O5S. The quantitative estimate of drug-likeness (QED) is 0.286. The third-order valence-corrected chi connectivity index (χ3v) is 6.25. The van der Waals surface area contributed by atoms with Gasteiger partial charge in [0.1, 0.15) is 5.76 Å². The zero-order chi connectivity index (χ0) is 24.2. The number of thiazole rings is 1. The lowest BCUT2D eigenvalue weighted by molar-refractivity contribution is -0.132. The number of methoxy groups -OCH3 is 1. The number of hydrogen-bond donors (Lipinski definition) is 1. The molecule has 1 atom stereocenters. The minimum absolute atomic E-state index is 0.0260.